The lowest BCUT2D eigenvalue weighted by Crippen LogP contribution is -2.66. The van der Waals surface area contributed by atoms with Crippen molar-refractivity contribution < 1.29 is 23.1 Å². The van der Waals surface area contributed by atoms with Crippen LogP contribution in [0.2, 0.25) is 0 Å². The van der Waals surface area contributed by atoms with Gasteiger partial charge in [0.15, 0.2) is 5.78 Å². The van der Waals surface area contributed by atoms with Gasteiger partial charge in [-0.05, 0) is 43.7 Å². The van der Waals surface area contributed by atoms with Crippen molar-refractivity contribution in [2.24, 2.45) is 17.3 Å². The van der Waals surface area contributed by atoms with Gasteiger partial charge in [0.05, 0.1) is 6.10 Å². The van der Waals surface area contributed by atoms with Crippen LogP contribution in [0.1, 0.15) is 31.2 Å². The molecule has 29 heavy (non-hydrogen) atoms. The summed E-state index contributed by atoms with van der Waals surface area (Å²) in [5, 5.41) is 0. The lowest BCUT2D eigenvalue weighted by atomic mass is 9.56. The minimum Gasteiger partial charge on any atom is -0.370 e. The van der Waals surface area contributed by atoms with E-state index in [1.807, 2.05) is 9.80 Å². The summed E-state index contributed by atoms with van der Waals surface area (Å²) in [5.74, 6) is -0.419. The Labute approximate surface area is 169 Å². The number of urea groups is 1. The summed E-state index contributed by atoms with van der Waals surface area (Å²) in [6.45, 7) is 2.92. The number of benzene rings is 1. The number of hydrogen-bond acceptors (Lipinski definition) is 3. The maximum Gasteiger partial charge on any atom is 0.320 e. The van der Waals surface area contributed by atoms with Crippen molar-refractivity contribution in [3.8, 4) is 0 Å². The molecular formula is C22H26F2N2O3. The van der Waals surface area contributed by atoms with Crippen LogP contribution in [0.4, 0.5) is 13.6 Å². The van der Waals surface area contributed by atoms with Gasteiger partial charge in [-0.25, -0.2) is 13.6 Å². The van der Waals surface area contributed by atoms with Crippen molar-refractivity contribution in [2.75, 3.05) is 32.8 Å². The standard InChI is InChI=1S/C22H26F2N2O3/c23-18-2-1-3-19(24)17(18)6-14-8-22(9-14)12-26(13-22)21(28)25-5-4-20-15(10-25)7-16(27)11-29-20/h1-3,14-15,20H,4-13H2/t15-,20+/m1/s1. The van der Waals surface area contributed by atoms with Gasteiger partial charge in [0, 0.05) is 49.5 Å². The molecule has 5 rings (SSSR count). The molecule has 156 valence electrons. The van der Waals surface area contributed by atoms with E-state index < -0.39 is 11.6 Å². The van der Waals surface area contributed by atoms with Gasteiger partial charge in [0.1, 0.15) is 18.2 Å². The van der Waals surface area contributed by atoms with Gasteiger partial charge in [-0.2, -0.15) is 0 Å². The molecule has 3 saturated heterocycles. The zero-order chi connectivity index (χ0) is 20.2. The Morgan fingerprint density at radius 3 is 2.62 bits per heavy atom. The molecule has 0 bridgehead atoms. The Kier molecular flexibility index (Phi) is 4.61. The molecule has 5 nitrogen and oxygen atoms in total. The fourth-order valence-corrected chi connectivity index (χ4v) is 5.83. The molecule has 0 radical (unpaired) electrons. The Morgan fingerprint density at radius 1 is 1.17 bits per heavy atom. The molecule has 0 aromatic heterocycles. The average Bonchev–Trinajstić information content (AvgIpc) is 2.63. The van der Waals surface area contributed by atoms with Gasteiger partial charge in [-0.15, -0.1) is 0 Å². The lowest BCUT2D eigenvalue weighted by molar-refractivity contribution is -0.140. The predicted octanol–water partition coefficient (Wildman–Crippen LogP) is 3.02. The van der Waals surface area contributed by atoms with Crippen LogP contribution in [0.3, 0.4) is 0 Å². The molecule has 1 aliphatic carbocycles. The smallest absolute Gasteiger partial charge is 0.320 e. The number of halogens is 2. The van der Waals surface area contributed by atoms with Gasteiger partial charge < -0.3 is 14.5 Å². The highest BCUT2D eigenvalue weighted by atomic mass is 19.1. The fraction of sp³-hybridized carbons (Fsp3) is 0.636. The average molecular weight is 404 g/mol. The number of ether oxygens (including phenoxy) is 1. The molecule has 0 unspecified atom stereocenters. The van der Waals surface area contributed by atoms with Crippen molar-refractivity contribution >= 4 is 11.8 Å². The molecule has 3 aliphatic heterocycles. The Balaban J connectivity index is 1.11. The Hall–Kier alpha value is -2.02. The number of likely N-dealkylation sites (tertiary alicyclic amines) is 2. The third-order valence-electron chi connectivity index (χ3n) is 7.20. The van der Waals surface area contributed by atoms with Crippen LogP contribution in [0.5, 0.6) is 0 Å². The summed E-state index contributed by atoms with van der Waals surface area (Å²) in [4.78, 5) is 28.2. The van der Waals surface area contributed by atoms with Crippen LogP contribution in [0, 0.1) is 28.9 Å². The van der Waals surface area contributed by atoms with Crippen LogP contribution in [0.15, 0.2) is 18.2 Å². The van der Waals surface area contributed by atoms with Crippen molar-refractivity contribution in [1.29, 1.82) is 0 Å². The summed E-state index contributed by atoms with van der Waals surface area (Å²) >= 11 is 0. The second kappa shape index (κ2) is 7.04. The Morgan fingerprint density at radius 2 is 1.90 bits per heavy atom. The van der Waals surface area contributed by atoms with E-state index >= 15 is 0 Å². The van der Waals surface area contributed by atoms with Gasteiger partial charge >= 0.3 is 6.03 Å². The monoisotopic (exact) mass is 404 g/mol. The van der Waals surface area contributed by atoms with E-state index in [0.717, 1.165) is 32.4 Å². The molecule has 1 spiro atoms. The molecule has 1 saturated carbocycles. The normalized spacial score (nSPS) is 28.7. The molecular weight excluding hydrogens is 378 g/mol. The predicted molar refractivity (Wildman–Crippen MR) is 101 cm³/mol. The molecule has 4 aliphatic rings. The first-order chi connectivity index (χ1) is 13.9. The SMILES string of the molecule is O=C1CO[C@H]2CCN(C(=O)N3CC4(CC(Cc5c(F)cccc5F)C4)C3)C[C@H]2C1. The molecule has 1 aromatic carbocycles. The molecule has 2 amide bonds. The first kappa shape index (κ1) is 19.0. The molecule has 4 fully saturated rings. The van der Waals surface area contributed by atoms with E-state index in [4.69, 9.17) is 4.74 Å². The van der Waals surface area contributed by atoms with E-state index in [2.05, 4.69) is 0 Å². The number of rotatable bonds is 2. The molecule has 1 aromatic rings. The van der Waals surface area contributed by atoms with Gasteiger partial charge in [0.2, 0.25) is 0 Å². The molecule has 2 atom stereocenters. The topological polar surface area (TPSA) is 49.9 Å². The fourth-order valence-electron chi connectivity index (χ4n) is 5.83. The van der Waals surface area contributed by atoms with Crippen molar-refractivity contribution in [2.45, 2.75) is 38.2 Å². The van der Waals surface area contributed by atoms with Crippen LogP contribution in [0.25, 0.3) is 0 Å². The quantitative estimate of drug-likeness (QED) is 0.762. The lowest BCUT2D eigenvalue weighted by Gasteiger charge is -2.60. The summed E-state index contributed by atoms with van der Waals surface area (Å²) in [6.07, 6.45) is 3.66. The number of Topliss-reactive ketones (excluding diaryl/α,β-unsaturated/α-hetero) is 1. The van der Waals surface area contributed by atoms with Gasteiger partial charge in [-0.3, -0.25) is 4.79 Å². The Bertz CT molecular complexity index is 811. The van der Waals surface area contributed by atoms with Crippen LogP contribution < -0.4 is 0 Å². The summed E-state index contributed by atoms with van der Waals surface area (Å²) in [6, 6.07) is 4.06. The first-order valence-electron chi connectivity index (χ1n) is 10.5. The third kappa shape index (κ3) is 3.43. The van der Waals surface area contributed by atoms with Gasteiger partial charge in [-0.1, -0.05) is 6.07 Å². The van der Waals surface area contributed by atoms with Crippen molar-refractivity contribution in [3.63, 3.8) is 0 Å². The number of ketones is 1. The second-order valence-corrected chi connectivity index (χ2v) is 9.40. The first-order valence-corrected chi connectivity index (χ1v) is 10.5. The van der Waals surface area contributed by atoms with E-state index in [9.17, 15) is 18.4 Å². The third-order valence-corrected chi connectivity index (χ3v) is 7.20. The highest BCUT2D eigenvalue weighted by Crippen LogP contribution is 2.53. The van der Waals surface area contributed by atoms with E-state index in [1.54, 1.807) is 0 Å². The molecule has 0 N–H and O–H groups in total. The molecule has 7 heteroatoms. The maximum atomic E-state index is 13.8. The zero-order valence-electron chi connectivity index (χ0n) is 16.4. The summed E-state index contributed by atoms with van der Waals surface area (Å²) in [7, 11) is 0. The number of hydrogen-bond donors (Lipinski definition) is 0. The number of nitrogens with zero attached hydrogens (tertiary/aromatic N) is 2. The van der Waals surface area contributed by atoms with Crippen LogP contribution in [-0.4, -0.2) is 60.5 Å². The minimum absolute atomic E-state index is 0.0516. The summed E-state index contributed by atoms with van der Waals surface area (Å²) in [5.41, 5.74) is 0.316. The van der Waals surface area contributed by atoms with E-state index in [0.29, 0.717) is 25.9 Å². The van der Waals surface area contributed by atoms with Crippen molar-refractivity contribution in [1.82, 2.24) is 9.80 Å². The number of piperidine rings is 1. The summed E-state index contributed by atoms with van der Waals surface area (Å²) < 4.78 is 33.3. The maximum absolute atomic E-state index is 13.8. The molecule has 3 heterocycles. The highest BCUT2D eigenvalue weighted by molar-refractivity contribution is 5.81. The highest BCUT2D eigenvalue weighted by Gasteiger charge is 2.54. The van der Waals surface area contributed by atoms with Crippen LogP contribution >= 0.6 is 0 Å². The van der Waals surface area contributed by atoms with E-state index in [1.165, 1.54) is 18.2 Å². The van der Waals surface area contributed by atoms with Crippen LogP contribution in [-0.2, 0) is 16.0 Å². The van der Waals surface area contributed by atoms with Crippen molar-refractivity contribution in [3.05, 3.63) is 35.4 Å². The minimum atomic E-state index is -0.468. The van der Waals surface area contributed by atoms with Gasteiger partial charge in [0.25, 0.3) is 0 Å². The zero-order valence-corrected chi connectivity index (χ0v) is 16.4. The van der Waals surface area contributed by atoms with E-state index in [-0.39, 0.29) is 47.3 Å². The number of carbonyl (C=O) groups excluding carboxylic acids is 2. The number of carbonyl (C=O) groups is 2. The number of amides is 2. The largest absolute Gasteiger partial charge is 0.370 e. The second-order valence-electron chi connectivity index (χ2n) is 9.40. The number of fused-ring (bicyclic) bond motifs is 1.